The third-order valence-corrected chi connectivity index (χ3v) is 6.19. The molecular weight excluding hydrogens is 461 g/mol. The van der Waals surface area contributed by atoms with E-state index < -0.39 is 12.5 Å². The van der Waals surface area contributed by atoms with Crippen molar-refractivity contribution in [3.05, 3.63) is 42.5 Å². The normalized spacial score (nSPS) is 19.9. The van der Waals surface area contributed by atoms with E-state index in [1.807, 2.05) is 6.07 Å². The van der Waals surface area contributed by atoms with Crippen LogP contribution in [0.2, 0.25) is 0 Å². The highest BCUT2D eigenvalue weighted by molar-refractivity contribution is 5.89. The maximum absolute atomic E-state index is 12.5. The molecule has 1 aliphatic carbocycles. The minimum Gasteiger partial charge on any atom is -0.453 e. The van der Waals surface area contributed by atoms with E-state index in [9.17, 15) is 18.0 Å². The van der Waals surface area contributed by atoms with Crippen molar-refractivity contribution in [1.82, 2.24) is 9.55 Å². The molecular formula is C25H29F3N4O3. The molecule has 1 saturated carbocycles. The molecule has 4 rings (SSSR count). The molecule has 0 radical (unpaired) electrons. The Hall–Kier alpha value is -3.43. The minimum atomic E-state index is -4.75. The number of methoxy groups -OCH3 is 1. The third-order valence-electron chi connectivity index (χ3n) is 6.19. The minimum absolute atomic E-state index is 0.152. The van der Waals surface area contributed by atoms with E-state index in [4.69, 9.17) is 4.98 Å². The van der Waals surface area contributed by atoms with Crippen molar-refractivity contribution in [2.24, 2.45) is 11.3 Å². The van der Waals surface area contributed by atoms with E-state index in [0.717, 1.165) is 24.8 Å². The molecule has 0 bridgehead atoms. The number of rotatable bonds is 5. The highest BCUT2D eigenvalue weighted by atomic mass is 19.4. The second-order valence-corrected chi connectivity index (χ2v) is 9.89. The lowest BCUT2D eigenvalue weighted by Gasteiger charge is -2.40. The number of nitrogens with one attached hydrogen (secondary N) is 2. The van der Waals surface area contributed by atoms with E-state index in [1.54, 1.807) is 12.1 Å². The highest BCUT2D eigenvalue weighted by Crippen LogP contribution is 2.46. The van der Waals surface area contributed by atoms with Gasteiger partial charge in [0.1, 0.15) is 5.75 Å². The van der Waals surface area contributed by atoms with E-state index in [1.165, 1.54) is 31.4 Å². The molecule has 1 aromatic heterocycles. The van der Waals surface area contributed by atoms with Crippen LogP contribution in [0.15, 0.2) is 42.5 Å². The summed E-state index contributed by atoms with van der Waals surface area (Å²) in [4.78, 5) is 16.4. The Bertz CT molecular complexity index is 1210. The van der Waals surface area contributed by atoms with Crippen molar-refractivity contribution in [2.45, 2.75) is 52.4 Å². The molecule has 0 unspecified atom stereocenters. The number of amides is 1. The van der Waals surface area contributed by atoms with Crippen LogP contribution in [0.3, 0.4) is 0 Å². The molecule has 7 nitrogen and oxygen atoms in total. The maximum atomic E-state index is 12.5. The van der Waals surface area contributed by atoms with Gasteiger partial charge in [0.25, 0.3) is 0 Å². The summed E-state index contributed by atoms with van der Waals surface area (Å²) in [7, 11) is 1.29. The number of hydrogen-bond acceptors (Lipinski definition) is 5. The van der Waals surface area contributed by atoms with Gasteiger partial charge in [0.05, 0.1) is 18.1 Å². The first-order valence-corrected chi connectivity index (χ1v) is 11.4. The number of halogens is 3. The lowest BCUT2D eigenvalue weighted by atomic mass is 9.70. The molecule has 1 amide bonds. The van der Waals surface area contributed by atoms with Gasteiger partial charge in [0.2, 0.25) is 5.95 Å². The number of hydrogen-bond donors (Lipinski definition) is 2. The number of fused-ring (bicyclic) bond motifs is 1. The highest BCUT2D eigenvalue weighted by Gasteiger charge is 2.35. The van der Waals surface area contributed by atoms with Gasteiger partial charge < -0.3 is 19.4 Å². The largest absolute Gasteiger partial charge is 0.573 e. The molecule has 0 spiro atoms. The predicted molar refractivity (Wildman–Crippen MR) is 128 cm³/mol. The Kier molecular flexibility index (Phi) is 6.57. The first-order chi connectivity index (χ1) is 16.4. The summed E-state index contributed by atoms with van der Waals surface area (Å²) in [6, 6.07) is 11.2. The van der Waals surface area contributed by atoms with E-state index in [0.29, 0.717) is 28.8 Å². The number of alkyl halides is 3. The number of carbonyl (C=O) groups excluding carboxylic acids is 1. The average Bonchev–Trinajstić information content (AvgIpc) is 3.09. The van der Waals surface area contributed by atoms with Crippen LogP contribution < -0.4 is 15.4 Å². The Morgan fingerprint density at radius 2 is 1.80 bits per heavy atom. The van der Waals surface area contributed by atoms with Gasteiger partial charge in [-0.05, 0) is 73.1 Å². The Morgan fingerprint density at radius 3 is 2.43 bits per heavy atom. The lowest BCUT2D eigenvalue weighted by Crippen LogP contribution is -2.29. The molecule has 188 valence electrons. The van der Waals surface area contributed by atoms with Gasteiger partial charge in [-0.3, -0.25) is 5.32 Å². The van der Waals surface area contributed by atoms with Crippen LogP contribution in [0.1, 0.15) is 46.1 Å². The van der Waals surface area contributed by atoms with E-state index in [2.05, 4.69) is 45.4 Å². The quantitative estimate of drug-likeness (QED) is 0.394. The molecule has 1 heterocycles. The fraction of sp³-hybridized carbons (Fsp3) is 0.440. The molecule has 2 atom stereocenters. The zero-order chi connectivity index (χ0) is 25.4. The molecule has 2 aromatic carbocycles. The topological polar surface area (TPSA) is 77.4 Å². The van der Waals surface area contributed by atoms with Crippen molar-refractivity contribution >= 4 is 34.4 Å². The van der Waals surface area contributed by atoms with Gasteiger partial charge >= 0.3 is 12.5 Å². The standard InChI is InChI=1S/C25H29F3N4O3/c1-15-11-18(14-24(2,3)13-15)32-21-10-7-17(30-23(33)34-4)12-20(21)31-22(32)29-16-5-8-19(9-6-16)35-25(26,27)28/h5-10,12,15,18H,11,13-14H2,1-4H3,(H,29,31)(H,30,33)/t15-,18+/m1/s1. The predicted octanol–water partition coefficient (Wildman–Crippen LogP) is 7.24. The smallest absolute Gasteiger partial charge is 0.453 e. The first kappa shape index (κ1) is 24.7. The summed E-state index contributed by atoms with van der Waals surface area (Å²) in [6.07, 6.45) is -2.26. The molecule has 3 aromatic rings. The number of anilines is 3. The van der Waals surface area contributed by atoms with Crippen LogP contribution in [0.4, 0.5) is 35.3 Å². The molecule has 1 fully saturated rings. The molecule has 1 aliphatic rings. The van der Waals surface area contributed by atoms with Gasteiger partial charge in [-0.25, -0.2) is 9.78 Å². The maximum Gasteiger partial charge on any atom is 0.573 e. The zero-order valence-corrected chi connectivity index (χ0v) is 20.1. The number of imidazole rings is 1. The van der Waals surface area contributed by atoms with Crippen LogP contribution in [0, 0.1) is 11.3 Å². The van der Waals surface area contributed by atoms with Crippen LogP contribution >= 0.6 is 0 Å². The van der Waals surface area contributed by atoms with Crippen molar-refractivity contribution in [2.75, 3.05) is 17.7 Å². The fourth-order valence-electron chi connectivity index (χ4n) is 5.16. The summed E-state index contributed by atoms with van der Waals surface area (Å²) < 4.78 is 48.3. The van der Waals surface area contributed by atoms with E-state index in [-0.39, 0.29) is 17.2 Å². The number of benzene rings is 2. The van der Waals surface area contributed by atoms with Gasteiger partial charge in [-0.15, -0.1) is 13.2 Å². The molecule has 2 N–H and O–H groups in total. The average molecular weight is 491 g/mol. The van der Waals surface area contributed by atoms with Crippen molar-refractivity contribution in [3.63, 3.8) is 0 Å². The fourth-order valence-corrected chi connectivity index (χ4v) is 5.16. The second-order valence-electron chi connectivity index (χ2n) is 9.89. The number of carbonyl (C=O) groups is 1. The number of ether oxygens (including phenoxy) is 2. The summed E-state index contributed by atoms with van der Waals surface area (Å²) in [6.45, 7) is 6.77. The van der Waals surface area contributed by atoms with Gasteiger partial charge in [-0.1, -0.05) is 20.8 Å². The van der Waals surface area contributed by atoms with Crippen molar-refractivity contribution in [3.8, 4) is 5.75 Å². The number of nitrogens with zero attached hydrogens (tertiary/aromatic N) is 2. The summed E-state index contributed by atoms with van der Waals surface area (Å²) in [5, 5.41) is 5.92. The third kappa shape index (κ3) is 5.98. The summed E-state index contributed by atoms with van der Waals surface area (Å²) in [5.41, 5.74) is 2.85. The van der Waals surface area contributed by atoms with Crippen LogP contribution in [0.25, 0.3) is 11.0 Å². The van der Waals surface area contributed by atoms with E-state index >= 15 is 0 Å². The molecule has 35 heavy (non-hydrogen) atoms. The second kappa shape index (κ2) is 9.31. The molecule has 10 heteroatoms. The Labute approximate surface area is 201 Å². The van der Waals surface area contributed by atoms with Crippen LogP contribution in [-0.4, -0.2) is 29.1 Å². The Morgan fingerprint density at radius 1 is 1.11 bits per heavy atom. The monoisotopic (exact) mass is 490 g/mol. The van der Waals surface area contributed by atoms with Gasteiger partial charge in [-0.2, -0.15) is 0 Å². The first-order valence-electron chi connectivity index (χ1n) is 11.4. The van der Waals surface area contributed by atoms with Crippen LogP contribution in [-0.2, 0) is 4.74 Å². The van der Waals surface area contributed by atoms with Gasteiger partial charge in [0.15, 0.2) is 0 Å². The zero-order valence-electron chi connectivity index (χ0n) is 20.1. The molecule has 0 aliphatic heterocycles. The number of aromatic nitrogens is 2. The summed E-state index contributed by atoms with van der Waals surface area (Å²) >= 11 is 0. The molecule has 0 saturated heterocycles. The van der Waals surface area contributed by atoms with Crippen molar-refractivity contribution in [1.29, 1.82) is 0 Å². The lowest BCUT2D eigenvalue weighted by molar-refractivity contribution is -0.274. The van der Waals surface area contributed by atoms with Gasteiger partial charge in [0, 0.05) is 17.4 Å². The van der Waals surface area contributed by atoms with Crippen molar-refractivity contribution < 1.29 is 27.4 Å². The van der Waals surface area contributed by atoms with Crippen LogP contribution in [0.5, 0.6) is 5.75 Å². The SMILES string of the molecule is COC(=O)Nc1ccc2c(c1)nc(Nc1ccc(OC(F)(F)F)cc1)n2[C@H]1C[C@@H](C)CC(C)(C)C1. The summed E-state index contributed by atoms with van der Waals surface area (Å²) in [5.74, 6) is 0.806. The Balaban J connectivity index is 1.71.